The van der Waals surface area contributed by atoms with Crippen molar-refractivity contribution in [2.45, 2.75) is 0 Å². The third-order valence-electron chi connectivity index (χ3n) is 7.02. The third-order valence-corrected chi connectivity index (χ3v) is 7.02. The summed E-state index contributed by atoms with van der Waals surface area (Å²) in [4.78, 5) is 2.31. The highest BCUT2D eigenvalue weighted by Gasteiger charge is 2.18. The predicted octanol–water partition coefficient (Wildman–Crippen LogP) is 9.29. The third kappa shape index (κ3) is 3.82. The van der Waals surface area contributed by atoms with Crippen LogP contribution in [-0.4, -0.2) is 9.61 Å². The number of hydrogen-bond donors (Lipinski definition) is 0. The van der Waals surface area contributed by atoms with E-state index in [4.69, 9.17) is 5.10 Å². The van der Waals surface area contributed by atoms with Crippen molar-refractivity contribution >= 4 is 33.4 Å². The number of anilines is 3. The molecule has 0 amide bonds. The van der Waals surface area contributed by atoms with Gasteiger partial charge in [-0.2, -0.15) is 5.10 Å². The molecule has 0 bridgehead atoms. The summed E-state index contributed by atoms with van der Waals surface area (Å²) in [6, 6.07) is 51.1. The van der Waals surface area contributed by atoms with E-state index in [0.29, 0.717) is 0 Å². The zero-order valence-electron chi connectivity index (χ0n) is 20.8. The average Bonchev–Trinajstić information content (AvgIpc) is 3.45. The van der Waals surface area contributed by atoms with Crippen molar-refractivity contribution in [3.63, 3.8) is 0 Å². The van der Waals surface area contributed by atoms with E-state index in [1.165, 1.54) is 5.39 Å². The van der Waals surface area contributed by atoms with E-state index in [1.54, 1.807) is 0 Å². The summed E-state index contributed by atoms with van der Waals surface area (Å²) < 4.78 is 2.10. The summed E-state index contributed by atoms with van der Waals surface area (Å²) in [5.41, 5.74) is 8.93. The molecule has 7 aromatic rings. The van der Waals surface area contributed by atoms with Gasteiger partial charge in [-0.25, -0.2) is 4.52 Å². The van der Waals surface area contributed by atoms with Gasteiger partial charge in [-0.05, 0) is 53.4 Å². The van der Waals surface area contributed by atoms with Crippen LogP contribution in [0, 0.1) is 0 Å². The van der Waals surface area contributed by atoms with Gasteiger partial charge in [0.05, 0.1) is 17.4 Å². The van der Waals surface area contributed by atoms with Crippen molar-refractivity contribution in [2.75, 3.05) is 4.90 Å². The molecule has 3 heteroatoms. The minimum Gasteiger partial charge on any atom is -0.310 e. The number of para-hydroxylation sites is 2. The van der Waals surface area contributed by atoms with Crippen molar-refractivity contribution in [3.8, 4) is 22.4 Å². The standard InChI is InChI=1S/C35H25N3/c1-5-13-26(14-6-1)33-25-36-38-34(27-15-7-2-8-16-27)23-28-21-22-31(24-32(28)35(33)38)37(29-17-9-3-10-18-29)30-19-11-4-12-20-30/h1-25H. The normalized spacial score (nSPS) is 11.2. The Labute approximate surface area is 221 Å². The predicted molar refractivity (Wildman–Crippen MR) is 158 cm³/mol. The van der Waals surface area contributed by atoms with Crippen LogP contribution in [0.25, 0.3) is 38.7 Å². The lowest BCUT2D eigenvalue weighted by Gasteiger charge is -2.26. The van der Waals surface area contributed by atoms with Crippen LogP contribution < -0.4 is 4.90 Å². The van der Waals surface area contributed by atoms with Crippen LogP contribution in [-0.2, 0) is 0 Å². The molecular weight excluding hydrogens is 462 g/mol. The Morgan fingerprint density at radius 2 is 1.05 bits per heavy atom. The van der Waals surface area contributed by atoms with Crippen molar-refractivity contribution < 1.29 is 0 Å². The van der Waals surface area contributed by atoms with E-state index in [1.807, 2.05) is 12.3 Å². The minimum atomic E-state index is 1.08. The molecule has 0 atom stereocenters. The van der Waals surface area contributed by atoms with Gasteiger partial charge in [0.15, 0.2) is 0 Å². The fourth-order valence-corrected chi connectivity index (χ4v) is 5.26. The second-order valence-corrected chi connectivity index (χ2v) is 9.36. The number of rotatable bonds is 5. The van der Waals surface area contributed by atoms with Crippen LogP contribution in [0.2, 0.25) is 0 Å². The first-order chi connectivity index (χ1) is 18.9. The quantitative estimate of drug-likeness (QED) is 0.241. The molecule has 7 rings (SSSR count). The maximum atomic E-state index is 4.92. The summed E-state index contributed by atoms with van der Waals surface area (Å²) in [5.74, 6) is 0. The highest BCUT2D eigenvalue weighted by molar-refractivity contribution is 6.06. The monoisotopic (exact) mass is 487 g/mol. The molecule has 0 saturated carbocycles. The molecule has 3 nitrogen and oxygen atoms in total. The Kier molecular flexibility index (Phi) is 5.45. The smallest absolute Gasteiger partial charge is 0.0826 e. The molecule has 0 aliphatic heterocycles. The van der Waals surface area contributed by atoms with E-state index in [9.17, 15) is 0 Å². The van der Waals surface area contributed by atoms with Crippen molar-refractivity contribution in [3.05, 3.63) is 152 Å². The molecule has 38 heavy (non-hydrogen) atoms. The molecule has 0 radical (unpaired) electrons. The van der Waals surface area contributed by atoms with Gasteiger partial charge in [0.25, 0.3) is 0 Å². The van der Waals surface area contributed by atoms with E-state index >= 15 is 0 Å². The Morgan fingerprint density at radius 3 is 1.66 bits per heavy atom. The average molecular weight is 488 g/mol. The van der Waals surface area contributed by atoms with Gasteiger partial charge in [-0.3, -0.25) is 0 Å². The second-order valence-electron chi connectivity index (χ2n) is 9.36. The minimum absolute atomic E-state index is 1.08. The van der Waals surface area contributed by atoms with Gasteiger partial charge in [0, 0.05) is 33.6 Å². The highest BCUT2D eigenvalue weighted by Crippen LogP contribution is 2.40. The summed E-state index contributed by atoms with van der Waals surface area (Å²) in [5, 5.41) is 7.26. The number of hydrogen-bond acceptors (Lipinski definition) is 2. The molecule has 5 aromatic carbocycles. The maximum Gasteiger partial charge on any atom is 0.0826 e. The van der Waals surface area contributed by atoms with Crippen LogP contribution in [0.5, 0.6) is 0 Å². The molecule has 2 aromatic heterocycles. The van der Waals surface area contributed by atoms with Crippen LogP contribution >= 0.6 is 0 Å². The molecule has 0 spiro atoms. The maximum absolute atomic E-state index is 4.92. The topological polar surface area (TPSA) is 20.5 Å². The zero-order valence-corrected chi connectivity index (χ0v) is 20.8. The van der Waals surface area contributed by atoms with Crippen LogP contribution in [0.3, 0.4) is 0 Å². The van der Waals surface area contributed by atoms with Gasteiger partial charge in [-0.1, -0.05) is 103 Å². The number of fused-ring (bicyclic) bond motifs is 3. The van der Waals surface area contributed by atoms with Gasteiger partial charge in [-0.15, -0.1) is 0 Å². The first-order valence-electron chi connectivity index (χ1n) is 12.8. The fourth-order valence-electron chi connectivity index (χ4n) is 5.26. The molecule has 0 unspecified atom stereocenters. The van der Waals surface area contributed by atoms with Gasteiger partial charge >= 0.3 is 0 Å². The van der Waals surface area contributed by atoms with Crippen LogP contribution in [0.15, 0.2) is 152 Å². The van der Waals surface area contributed by atoms with E-state index in [0.717, 1.165) is 50.3 Å². The number of nitrogens with zero attached hydrogens (tertiary/aromatic N) is 3. The summed E-state index contributed by atoms with van der Waals surface area (Å²) in [6.45, 7) is 0. The van der Waals surface area contributed by atoms with Crippen molar-refractivity contribution in [2.24, 2.45) is 0 Å². The SMILES string of the molecule is c1ccc(-c2cnn3c(-c4ccccc4)cc4ccc(N(c5ccccc5)c5ccccc5)cc4c23)cc1. The lowest BCUT2D eigenvalue weighted by molar-refractivity contribution is 0.975. The molecule has 0 N–H and O–H groups in total. The lowest BCUT2D eigenvalue weighted by Crippen LogP contribution is -2.09. The van der Waals surface area contributed by atoms with Crippen molar-refractivity contribution in [1.29, 1.82) is 0 Å². The number of aromatic nitrogens is 2. The molecule has 2 heterocycles. The number of benzene rings is 5. The molecule has 180 valence electrons. The summed E-state index contributed by atoms with van der Waals surface area (Å²) >= 11 is 0. The second kappa shape index (κ2) is 9.38. The Hall–Kier alpha value is -5.15. The van der Waals surface area contributed by atoms with E-state index in [-0.39, 0.29) is 0 Å². The molecular formula is C35H25N3. The first kappa shape index (κ1) is 22.1. The Balaban J connectivity index is 1.53. The van der Waals surface area contributed by atoms with E-state index in [2.05, 4.69) is 149 Å². The van der Waals surface area contributed by atoms with Crippen LogP contribution in [0.4, 0.5) is 17.1 Å². The summed E-state index contributed by atoms with van der Waals surface area (Å²) in [6.07, 6.45) is 2.00. The van der Waals surface area contributed by atoms with Gasteiger partial charge in [0.2, 0.25) is 0 Å². The molecule has 0 fully saturated rings. The fraction of sp³-hybridized carbons (Fsp3) is 0. The first-order valence-corrected chi connectivity index (χ1v) is 12.8. The van der Waals surface area contributed by atoms with E-state index < -0.39 is 0 Å². The van der Waals surface area contributed by atoms with Crippen LogP contribution in [0.1, 0.15) is 0 Å². The Bertz CT molecular complexity index is 1800. The zero-order chi connectivity index (χ0) is 25.3. The molecule has 0 aliphatic carbocycles. The highest BCUT2D eigenvalue weighted by atomic mass is 15.2. The number of pyridine rings is 1. The largest absolute Gasteiger partial charge is 0.310 e. The Morgan fingerprint density at radius 1 is 0.500 bits per heavy atom. The lowest BCUT2D eigenvalue weighted by atomic mass is 10.0. The molecule has 0 aliphatic rings. The summed E-state index contributed by atoms with van der Waals surface area (Å²) in [7, 11) is 0. The van der Waals surface area contributed by atoms with Gasteiger partial charge < -0.3 is 4.90 Å². The van der Waals surface area contributed by atoms with Crippen molar-refractivity contribution in [1.82, 2.24) is 9.61 Å². The molecule has 0 saturated heterocycles. The van der Waals surface area contributed by atoms with Gasteiger partial charge in [0.1, 0.15) is 0 Å².